The quantitative estimate of drug-likeness (QED) is 0.688. The van der Waals surface area contributed by atoms with Gasteiger partial charge in [-0.2, -0.15) is 18.3 Å². The van der Waals surface area contributed by atoms with E-state index >= 15 is 0 Å². The van der Waals surface area contributed by atoms with E-state index in [0.717, 1.165) is 10.9 Å². The SMILES string of the molecule is COc1ncc(Cl)cc1[C@]1(C(C)NS(=O)(=O)c2cn(C)nc2C(F)(F)F)C=CC=CC1. The fourth-order valence-corrected chi connectivity index (χ4v) is 5.24. The minimum atomic E-state index is -4.93. The first-order valence-electron chi connectivity index (χ1n) is 9.08. The van der Waals surface area contributed by atoms with Crippen molar-refractivity contribution in [2.24, 2.45) is 7.05 Å². The predicted molar refractivity (Wildman–Crippen MR) is 108 cm³/mol. The number of pyridine rings is 1. The normalized spacial score (nSPS) is 20.1. The third kappa shape index (κ3) is 4.48. The highest BCUT2D eigenvalue weighted by Gasteiger charge is 2.44. The number of alkyl halides is 3. The van der Waals surface area contributed by atoms with Gasteiger partial charge in [-0.1, -0.05) is 35.9 Å². The maximum Gasteiger partial charge on any atom is 0.436 e. The fraction of sp³-hybridized carbons (Fsp3) is 0.368. The van der Waals surface area contributed by atoms with Gasteiger partial charge in [-0.25, -0.2) is 18.1 Å². The minimum Gasteiger partial charge on any atom is -0.481 e. The summed E-state index contributed by atoms with van der Waals surface area (Å²) in [5, 5.41) is 3.59. The number of halogens is 4. The van der Waals surface area contributed by atoms with Crippen molar-refractivity contribution in [3.05, 3.63) is 59.0 Å². The molecule has 1 aliphatic rings. The molecule has 1 N–H and O–H groups in total. The number of nitrogens with one attached hydrogen (secondary N) is 1. The van der Waals surface area contributed by atoms with Crippen LogP contribution in [0.5, 0.6) is 5.88 Å². The summed E-state index contributed by atoms with van der Waals surface area (Å²) in [5.74, 6) is 0.229. The van der Waals surface area contributed by atoms with E-state index in [2.05, 4.69) is 14.8 Å². The lowest BCUT2D eigenvalue weighted by atomic mass is 9.71. The molecule has 1 unspecified atom stereocenters. The first-order valence-corrected chi connectivity index (χ1v) is 10.9. The number of hydrogen-bond donors (Lipinski definition) is 1. The molecule has 12 heteroatoms. The number of methoxy groups -OCH3 is 1. The molecule has 0 amide bonds. The van der Waals surface area contributed by atoms with Gasteiger partial charge in [0.25, 0.3) is 0 Å². The second kappa shape index (κ2) is 8.29. The van der Waals surface area contributed by atoms with E-state index in [4.69, 9.17) is 16.3 Å². The molecule has 0 fully saturated rings. The van der Waals surface area contributed by atoms with Crippen molar-refractivity contribution in [3.8, 4) is 5.88 Å². The number of nitrogens with zero attached hydrogens (tertiary/aromatic N) is 3. The highest BCUT2D eigenvalue weighted by atomic mass is 35.5. The molecule has 0 saturated heterocycles. The van der Waals surface area contributed by atoms with E-state index in [1.165, 1.54) is 20.4 Å². The van der Waals surface area contributed by atoms with Crippen LogP contribution in [0.2, 0.25) is 5.02 Å². The molecule has 2 aromatic heterocycles. The van der Waals surface area contributed by atoms with Gasteiger partial charge in [0.2, 0.25) is 15.9 Å². The second-order valence-electron chi connectivity index (χ2n) is 7.10. The molecule has 7 nitrogen and oxygen atoms in total. The minimum absolute atomic E-state index is 0.229. The summed E-state index contributed by atoms with van der Waals surface area (Å²) < 4.78 is 74.5. The zero-order valence-electron chi connectivity index (χ0n) is 16.8. The van der Waals surface area contributed by atoms with Crippen molar-refractivity contribution < 1.29 is 26.3 Å². The molecule has 2 heterocycles. The summed E-state index contributed by atoms with van der Waals surface area (Å²) in [4.78, 5) is 3.20. The van der Waals surface area contributed by atoms with Crippen LogP contribution in [0.1, 0.15) is 24.6 Å². The summed E-state index contributed by atoms with van der Waals surface area (Å²) in [5.41, 5.74) is -1.99. The molecule has 31 heavy (non-hydrogen) atoms. The van der Waals surface area contributed by atoms with Crippen LogP contribution in [0.4, 0.5) is 13.2 Å². The maximum absolute atomic E-state index is 13.3. The average Bonchev–Trinajstić information content (AvgIpc) is 3.11. The lowest BCUT2D eigenvalue weighted by molar-refractivity contribution is -0.143. The lowest BCUT2D eigenvalue weighted by Gasteiger charge is -2.38. The molecule has 0 spiro atoms. The van der Waals surface area contributed by atoms with Crippen molar-refractivity contribution in [1.82, 2.24) is 19.5 Å². The number of aryl methyl sites for hydroxylation is 1. The van der Waals surface area contributed by atoms with Crippen molar-refractivity contribution in [1.29, 1.82) is 0 Å². The Morgan fingerprint density at radius 2 is 2.06 bits per heavy atom. The highest BCUT2D eigenvalue weighted by molar-refractivity contribution is 7.89. The average molecular weight is 477 g/mol. The third-order valence-corrected chi connectivity index (χ3v) is 6.82. The predicted octanol–water partition coefficient (Wildman–Crippen LogP) is 3.62. The van der Waals surface area contributed by atoms with Crippen LogP contribution < -0.4 is 9.46 Å². The Kier molecular flexibility index (Phi) is 6.23. The van der Waals surface area contributed by atoms with Crippen LogP contribution in [0.25, 0.3) is 0 Å². The van der Waals surface area contributed by atoms with Crippen LogP contribution >= 0.6 is 11.6 Å². The molecular formula is C19H20ClF3N4O3S. The molecule has 0 bridgehead atoms. The largest absolute Gasteiger partial charge is 0.481 e. The Labute approximate surface area is 182 Å². The molecule has 2 atom stereocenters. The monoisotopic (exact) mass is 476 g/mol. The number of allylic oxidation sites excluding steroid dienone is 3. The van der Waals surface area contributed by atoms with Crippen molar-refractivity contribution >= 4 is 21.6 Å². The number of sulfonamides is 1. The smallest absolute Gasteiger partial charge is 0.436 e. The number of ether oxygens (including phenoxy) is 1. The fourth-order valence-electron chi connectivity index (χ4n) is 3.57. The van der Waals surface area contributed by atoms with E-state index in [1.807, 2.05) is 6.08 Å². The van der Waals surface area contributed by atoms with Gasteiger partial charge in [0.1, 0.15) is 4.90 Å². The van der Waals surface area contributed by atoms with Crippen LogP contribution in [0.3, 0.4) is 0 Å². The van der Waals surface area contributed by atoms with Crippen LogP contribution in [-0.4, -0.2) is 36.3 Å². The molecule has 0 aliphatic heterocycles. The molecular weight excluding hydrogens is 457 g/mol. The maximum atomic E-state index is 13.3. The second-order valence-corrected chi connectivity index (χ2v) is 9.22. The number of rotatable bonds is 6. The standard InChI is InChI=1S/C19H20ClF3N4O3S/c1-12(26-31(28,29)15-11-27(2)25-16(15)19(21,22)23)18(7-5-4-6-8-18)14-9-13(20)10-24-17(14)30-3/h4-7,9-12,26H,8H2,1-3H3/t12?,18-/m1/s1. The van der Waals surface area contributed by atoms with Gasteiger partial charge >= 0.3 is 6.18 Å². The Bertz CT molecular complexity index is 1140. The van der Waals surface area contributed by atoms with E-state index in [1.54, 1.807) is 31.2 Å². The van der Waals surface area contributed by atoms with Crippen molar-refractivity contribution in [3.63, 3.8) is 0 Å². The van der Waals surface area contributed by atoms with Gasteiger partial charge in [-0.3, -0.25) is 4.68 Å². The zero-order chi connectivity index (χ0) is 23.0. The number of hydrogen-bond acceptors (Lipinski definition) is 5. The molecule has 0 aromatic carbocycles. The first kappa shape index (κ1) is 23.3. The Morgan fingerprint density at radius 3 is 2.65 bits per heavy atom. The zero-order valence-corrected chi connectivity index (χ0v) is 18.4. The van der Waals surface area contributed by atoms with Gasteiger partial charge in [0, 0.05) is 36.5 Å². The topological polar surface area (TPSA) is 86.1 Å². The van der Waals surface area contributed by atoms with E-state index in [0.29, 0.717) is 17.0 Å². The van der Waals surface area contributed by atoms with E-state index in [-0.39, 0.29) is 5.88 Å². The van der Waals surface area contributed by atoms with Gasteiger partial charge in [-0.05, 0) is 19.4 Å². The van der Waals surface area contributed by atoms with Gasteiger partial charge < -0.3 is 4.74 Å². The van der Waals surface area contributed by atoms with Crippen LogP contribution in [0, 0.1) is 0 Å². The lowest BCUT2D eigenvalue weighted by Crippen LogP contribution is -2.48. The Morgan fingerprint density at radius 1 is 1.35 bits per heavy atom. The molecule has 3 rings (SSSR count). The Balaban J connectivity index is 2.08. The summed E-state index contributed by atoms with van der Waals surface area (Å²) in [6, 6.07) is 0.710. The van der Waals surface area contributed by atoms with E-state index in [9.17, 15) is 21.6 Å². The molecule has 1 aliphatic carbocycles. The highest BCUT2D eigenvalue weighted by Crippen LogP contribution is 2.42. The van der Waals surface area contributed by atoms with E-state index < -0.39 is 38.2 Å². The Hall–Kier alpha value is -2.37. The van der Waals surface area contributed by atoms with Crippen molar-refractivity contribution in [2.45, 2.75) is 35.9 Å². The molecule has 0 saturated carbocycles. The molecule has 0 radical (unpaired) electrons. The van der Waals surface area contributed by atoms with Crippen LogP contribution in [-0.2, 0) is 28.7 Å². The molecule has 2 aromatic rings. The van der Waals surface area contributed by atoms with Gasteiger partial charge in [0.05, 0.1) is 12.1 Å². The van der Waals surface area contributed by atoms with Gasteiger partial charge in [-0.15, -0.1) is 0 Å². The summed E-state index contributed by atoms with van der Waals surface area (Å²) in [6.45, 7) is 1.56. The van der Waals surface area contributed by atoms with Crippen LogP contribution in [0.15, 0.2) is 47.7 Å². The summed E-state index contributed by atoms with van der Waals surface area (Å²) >= 11 is 6.13. The first-order chi connectivity index (χ1) is 14.4. The summed E-state index contributed by atoms with van der Waals surface area (Å²) in [6.07, 6.45) is 4.69. The summed E-state index contributed by atoms with van der Waals surface area (Å²) in [7, 11) is -1.95. The van der Waals surface area contributed by atoms with Gasteiger partial charge in [0.15, 0.2) is 5.69 Å². The third-order valence-electron chi connectivity index (χ3n) is 5.07. The van der Waals surface area contributed by atoms with Crippen molar-refractivity contribution in [2.75, 3.05) is 7.11 Å². The molecule has 168 valence electrons. The number of aromatic nitrogens is 3.